The Bertz CT molecular complexity index is 1220. The maximum atomic E-state index is 12.6. The highest BCUT2D eigenvalue weighted by Crippen LogP contribution is 2.21. The van der Waals surface area contributed by atoms with Gasteiger partial charge in [-0.1, -0.05) is 17.7 Å². The topological polar surface area (TPSA) is 111 Å². The number of ether oxygens (including phenoxy) is 2. The smallest absolute Gasteiger partial charge is 0.311 e. The van der Waals surface area contributed by atoms with Crippen LogP contribution in [0.5, 0.6) is 11.5 Å². The number of sulfonamides is 1. The van der Waals surface area contributed by atoms with Crippen molar-refractivity contribution in [2.45, 2.75) is 31.6 Å². The summed E-state index contributed by atoms with van der Waals surface area (Å²) in [6.45, 7) is 4.31. The fourth-order valence-electron chi connectivity index (χ4n) is 2.95. The summed E-state index contributed by atoms with van der Waals surface area (Å²) in [6.07, 6.45) is -0.151. The molecule has 3 aromatic rings. The summed E-state index contributed by atoms with van der Waals surface area (Å²) in [5.74, 6) is 0.172. The molecule has 8 nitrogen and oxygen atoms in total. The van der Waals surface area contributed by atoms with Crippen molar-refractivity contribution in [1.29, 1.82) is 0 Å². The molecule has 3 rings (SSSR count). The van der Waals surface area contributed by atoms with Gasteiger partial charge < -0.3 is 14.8 Å². The second-order valence-electron chi connectivity index (χ2n) is 7.42. The molecule has 0 aromatic heterocycles. The molecule has 0 bridgehead atoms. The Balaban J connectivity index is 1.50. The maximum absolute atomic E-state index is 12.6. The normalized spacial score (nSPS) is 10.9. The van der Waals surface area contributed by atoms with Crippen molar-refractivity contribution in [3.8, 4) is 11.5 Å². The summed E-state index contributed by atoms with van der Waals surface area (Å²) >= 11 is 0. The molecule has 0 aliphatic rings. The van der Waals surface area contributed by atoms with Crippen LogP contribution in [-0.4, -0.2) is 26.9 Å². The van der Waals surface area contributed by atoms with Crippen LogP contribution in [0.3, 0.4) is 0 Å². The number of aryl methyl sites for hydroxylation is 1. The van der Waals surface area contributed by atoms with Crippen LogP contribution >= 0.6 is 0 Å². The Kier molecular flexibility index (Phi) is 8.26. The number of nitrogens with one attached hydrogen (secondary N) is 2. The van der Waals surface area contributed by atoms with E-state index in [9.17, 15) is 18.0 Å². The molecule has 0 radical (unpaired) electrons. The van der Waals surface area contributed by atoms with E-state index in [1.807, 2.05) is 26.0 Å². The van der Waals surface area contributed by atoms with Gasteiger partial charge in [0.05, 0.1) is 17.9 Å². The van der Waals surface area contributed by atoms with Gasteiger partial charge in [0.2, 0.25) is 5.91 Å². The summed E-state index contributed by atoms with van der Waals surface area (Å²) < 4.78 is 38.3. The standard InChI is InChI=1S/C25H26N2O6S/c1-3-32-21-12-6-20(7-13-21)27-34(30,31)23-14-8-19(9-15-23)26-24(28)16-17-25(29)33-22-10-4-18(2)5-11-22/h4-15,27H,3,16-17H2,1-2H3,(H,26,28). The first kappa shape index (κ1) is 24.8. The number of hydrogen-bond donors (Lipinski definition) is 2. The molecule has 2 N–H and O–H groups in total. The van der Waals surface area contributed by atoms with Crippen molar-refractivity contribution in [3.63, 3.8) is 0 Å². The van der Waals surface area contributed by atoms with Gasteiger partial charge in [-0.25, -0.2) is 8.42 Å². The van der Waals surface area contributed by atoms with Gasteiger partial charge >= 0.3 is 5.97 Å². The van der Waals surface area contributed by atoms with Crippen LogP contribution in [0.25, 0.3) is 0 Å². The first-order valence-corrected chi connectivity index (χ1v) is 12.2. The van der Waals surface area contributed by atoms with Crippen molar-refractivity contribution in [1.82, 2.24) is 0 Å². The number of benzene rings is 3. The molecule has 3 aromatic carbocycles. The average molecular weight is 483 g/mol. The third kappa shape index (κ3) is 7.35. The van der Waals surface area contributed by atoms with E-state index in [2.05, 4.69) is 10.0 Å². The molecular formula is C25H26N2O6S. The summed E-state index contributed by atoms with van der Waals surface area (Å²) in [6, 6.07) is 19.3. The summed E-state index contributed by atoms with van der Waals surface area (Å²) in [5, 5.41) is 2.64. The van der Waals surface area contributed by atoms with E-state index < -0.39 is 16.0 Å². The minimum atomic E-state index is -3.80. The number of hydrogen-bond acceptors (Lipinski definition) is 6. The minimum absolute atomic E-state index is 0.0426. The SMILES string of the molecule is CCOc1ccc(NS(=O)(=O)c2ccc(NC(=O)CCC(=O)Oc3ccc(C)cc3)cc2)cc1. The lowest BCUT2D eigenvalue weighted by Crippen LogP contribution is -2.16. The van der Waals surface area contributed by atoms with Gasteiger partial charge in [-0.3, -0.25) is 14.3 Å². The highest BCUT2D eigenvalue weighted by molar-refractivity contribution is 7.92. The van der Waals surface area contributed by atoms with Crippen molar-refractivity contribution in [2.75, 3.05) is 16.6 Å². The van der Waals surface area contributed by atoms with Crippen molar-refractivity contribution >= 4 is 33.3 Å². The highest BCUT2D eigenvalue weighted by atomic mass is 32.2. The molecular weight excluding hydrogens is 456 g/mol. The lowest BCUT2D eigenvalue weighted by Gasteiger charge is -2.10. The van der Waals surface area contributed by atoms with Crippen LogP contribution in [0, 0.1) is 6.92 Å². The molecule has 0 aliphatic heterocycles. The lowest BCUT2D eigenvalue weighted by molar-refractivity contribution is -0.135. The number of esters is 1. The van der Waals surface area contributed by atoms with Crippen LogP contribution < -0.4 is 19.5 Å². The minimum Gasteiger partial charge on any atom is -0.494 e. The van der Waals surface area contributed by atoms with Gasteiger partial charge in [-0.15, -0.1) is 0 Å². The molecule has 34 heavy (non-hydrogen) atoms. The highest BCUT2D eigenvalue weighted by Gasteiger charge is 2.15. The first-order valence-electron chi connectivity index (χ1n) is 10.7. The van der Waals surface area contributed by atoms with E-state index in [0.29, 0.717) is 29.5 Å². The predicted molar refractivity (Wildman–Crippen MR) is 130 cm³/mol. The third-order valence-corrected chi connectivity index (χ3v) is 6.07. The Morgan fingerprint density at radius 1 is 0.794 bits per heavy atom. The maximum Gasteiger partial charge on any atom is 0.311 e. The van der Waals surface area contributed by atoms with Gasteiger partial charge in [0, 0.05) is 17.8 Å². The molecule has 0 atom stereocenters. The van der Waals surface area contributed by atoms with Crippen molar-refractivity contribution in [2.24, 2.45) is 0 Å². The van der Waals surface area contributed by atoms with E-state index in [4.69, 9.17) is 9.47 Å². The summed E-state index contributed by atoms with van der Waals surface area (Å²) in [4.78, 5) is 24.1. The molecule has 0 unspecified atom stereocenters. The fourth-order valence-corrected chi connectivity index (χ4v) is 4.00. The molecule has 0 heterocycles. The number of amides is 1. The van der Waals surface area contributed by atoms with E-state index in [1.165, 1.54) is 24.3 Å². The van der Waals surface area contributed by atoms with Gasteiger partial charge in [0.15, 0.2) is 0 Å². The lowest BCUT2D eigenvalue weighted by atomic mass is 10.2. The van der Waals surface area contributed by atoms with E-state index in [-0.39, 0.29) is 23.6 Å². The van der Waals surface area contributed by atoms with Crippen molar-refractivity contribution in [3.05, 3.63) is 78.4 Å². The zero-order valence-electron chi connectivity index (χ0n) is 18.9. The van der Waals surface area contributed by atoms with Crippen molar-refractivity contribution < 1.29 is 27.5 Å². The van der Waals surface area contributed by atoms with E-state index in [1.54, 1.807) is 36.4 Å². The molecule has 0 aliphatic carbocycles. The molecule has 0 saturated heterocycles. The van der Waals surface area contributed by atoms with Gasteiger partial charge in [-0.05, 0) is 74.5 Å². The van der Waals surface area contributed by atoms with Gasteiger partial charge in [0.25, 0.3) is 10.0 Å². The van der Waals surface area contributed by atoms with E-state index >= 15 is 0 Å². The van der Waals surface area contributed by atoms with Crippen LogP contribution in [-0.2, 0) is 19.6 Å². The number of carbonyl (C=O) groups excluding carboxylic acids is 2. The Labute approximate surface area is 199 Å². The Hall–Kier alpha value is -3.85. The number of rotatable bonds is 10. The molecule has 0 fully saturated rings. The van der Waals surface area contributed by atoms with Gasteiger partial charge in [0.1, 0.15) is 11.5 Å². The van der Waals surface area contributed by atoms with E-state index in [0.717, 1.165) is 5.56 Å². The monoisotopic (exact) mass is 482 g/mol. The zero-order chi connectivity index (χ0) is 24.6. The average Bonchev–Trinajstić information content (AvgIpc) is 2.81. The summed E-state index contributed by atoms with van der Waals surface area (Å²) in [5.41, 5.74) is 1.86. The van der Waals surface area contributed by atoms with Crippen LogP contribution in [0.4, 0.5) is 11.4 Å². The van der Waals surface area contributed by atoms with Gasteiger partial charge in [-0.2, -0.15) is 0 Å². The Morgan fingerprint density at radius 2 is 1.38 bits per heavy atom. The second kappa shape index (κ2) is 11.3. The number of carbonyl (C=O) groups is 2. The predicted octanol–water partition coefficient (Wildman–Crippen LogP) is 4.52. The Morgan fingerprint density at radius 3 is 2.00 bits per heavy atom. The summed E-state index contributed by atoms with van der Waals surface area (Å²) in [7, 11) is -3.80. The van der Waals surface area contributed by atoms with Crippen LogP contribution in [0.15, 0.2) is 77.7 Å². The quantitative estimate of drug-likeness (QED) is 0.325. The number of anilines is 2. The first-order chi connectivity index (χ1) is 16.2. The van der Waals surface area contributed by atoms with Crippen LogP contribution in [0.2, 0.25) is 0 Å². The fraction of sp³-hybridized carbons (Fsp3) is 0.200. The molecule has 178 valence electrons. The zero-order valence-corrected chi connectivity index (χ0v) is 19.7. The third-order valence-electron chi connectivity index (χ3n) is 4.67. The van der Waals surface area contributed by atoms with Crippen LogP contribution in [0.1, 0.15) is 25.3 Å². The molecule has 0 saturated carbocycles. The molecule has 1 amide bonds. The second-order valence-corrected chi connectivity index (χ2v) is 9.10. The molecule has 9 heteroatoms. The molecule has 0 spiro atoms. The largest absolute Gasteiger partial charge is 0.494 e.